The molecule has 1 amide bonds. The summed E-state index contributed by atoms with van der Waals surface area (Å²) in [5.41, 5.74) is 0.789. The lowest BCUT2D eigenvalue weighted by molar-refractivity contribution is 0.0636. The van der Waals surface area contributed by atoms with Gasteiger partial charge in [-0.25, -0.2) is 4.79 Å². The summed E-state index contributed by atoms with van der Waals surface area (Å²) in [5, 5.41) is 12.7. The number of hydrogen-bond donors (Lipinski definition) is 1. The minimum atomic E-state index is -0.526. The van der Waals surface area contributed by atoms with Crippen molar-refractivity contribution in [3.8, 4) is 6.07 Å². The Bertz CT molecular complexity index is 686. The van der Waals surface area contributed by atoms with Gasteiger partial charge in [0.1, 0.15) is 5.60 Å². The van der Waals surface area contributed by atoms with Crippen LogP contribution in [0.15, 0.2) is 24.3 Å². The summed E-state index contributed by atoms with van der Waals surface area (Å²) in [4.78, 5) is 14.5. The number of amides is 1. The fourth-order valence-corrected chi connectivity index (χ4v) is 4.30. The fourth-order valence-electron chi connectivity index (χ4n) is 4.30. The summed E-state index contributed by atoms with van der Waals surface area (Å²) in [6, 6.07) is 11.0. The van der Waals surface area contributed by atoms with E-state index >= 15 is 0 Å². The minimum Gasteiger partial charge on any atom is -0.444 e. The second kappa shape index (κ2) is 7.90. The zero-order valence-electron chi connectivity index (χ0n) is 16.8. The van der Waals surface area contributed by atoms with Crippen LogP contribution in [0.2, 0.25) is 0 Å². The van der Waals surface area contributed by atoms with E-state index in [0.29, 0.717) is 5.69 Å². The van der Waals surface area contributed by atoms with Crippen molar-refractivity contribution in [2.45, 2.75) is 76.4 Å². The smallest absolute Gasteiger partial charge is 0.412 e. The van der Waals surface area contributed by atoms with Gasteiger partial charge in [-0.15, -0.1) is 0 Å². The molecule has 1 heterocycles. The van der Waals surface area contributed by atoms with Gasteiger partial charge in [-0.05, 0) is 64.2 Å². The third-order valence-electron chi connectivity index (χ3n) is 5.79. The van der Waals surface area contributed by atoms with Gasteiger partial charge in [-0.1, -0.05) is 25.0 Å². The molecule has 0 radical (unpaired) electrons. The van der Waals surface area contributed by atoms with Crippen molar-refractivity contribution in [3.63, 3.8) is 0 Å². The van der Waals surface area contributed by atoms with E-state index in [9.17, 15) is 10.1 Å². The number of benzene rings is 1. The molecule has 1 aromatic rings. The predicted molar refractivity (Wildman–Crippen MR) is 107 cm³/mol. The quantitative estimate of drug-likeness (QED) is 0.828. The summed E-state index contributed by atoms with van der Waals surface area (Å²) in [6.45, 7) is 7.51. The SMILES string of the molecule is CC(C)(C)OC(=O)Nc1ccc(C2(C#N)CCN(C3CCCC3)CC2)cc1. The maximum atomic E-state index is 11.9. The third kappa shape index (κ3) is 4.81. The number of nitrogens with zero attached hydrogens (tertiary/aromatic N) is 2. The highest BCUT2D eigenvalue weighted by atomic mass is 16.6. The van der Waals surface area contributed by atoms with E-state index in [4.69, 9.17) is 4.74 Å². The Balaban J connectivity index is 1.63. The van der Waals surface area contributed by atoms with Gasteiger partial charge in [0.2, 0.25) is 0 Å². The van der Waals surface area contributed by atoms with Gasteiger partial charge >= 0.3 is 6.09 Å². The maximum Gasteiger partial charge on any atom is 0.412 e. The van der Waals surface area contributed by atoms with Crippen molar-refractivity contribution in [2.75, 3.05) is 18.4 Å². The van der Waals surface area contributed by atoms with Crippen LogP contribution in [0, 0.1) is 11.3 Å². The first-order valence-electron chi connectivity index (χ1n) is 10.1. The fraction of sp³-hybridized carbons (Fsp3) is 0.636. The maximum absolute atomic E-state index is 11.9. The van der Waals surface area contributed by atoms with Crippen LogP contribution in [-0.4, -0.2) is 35.7 Å². The van der Waals surface area contributed by atoms with Gasteiger partial charge < -0.3 is 9.64 Å². The van der Waals surface area contributed by atoms with E-state index in [-0.39, 0.29) is 0 Å². The number of piperidine rings is 1. The van der Waals surface area contributed by atoms with E-state index < -0.39 is 17.1 Å². The number of hydrogen-bond acceptors (Lipinski definition) is 4. The Morgan fingerprint density at radius 1 is 1.19 bits per heavy atom. The monoisotopic (exact) mass is 369 g/mol. The van der Waals surface area contributed by atoms with Gasteiger partial charge in [0.15, 0.2) is 0 Å². The molecule has 2 aliphatic rings. The molecule has 1 saturated carbocycles. The second-order valence-corrected chi connectivity index (χ2v) is 8.87. The van der Waals surface area contributed by atoms with E-state index in [0.717, 1.165) is 37.5 Å². The van der Waals surface area contributed by atoms with E-state index in [1.54, 1.807) is 0 Å². The number of anilines is 1. The predicted octanol–water partition coefficient (Wildman–Crippen LogP) is 4.83. The Labute approximate surface area is 162 Å². The van der Waals surface area contributed by atoms with Crippen LogP contribution in [0.3, 0.4) is 0 Å². The van der Waals surface area contributed by atoms with E-state index in [2.05, 4.69) is 16.3 Å². The number of nitrogens with one attached hydrogen (secondary N) is 1. The Morgan fingerprint density at radius 3 is 2.30 bits per heavy atom. The number of likely N-dealkylation sites (tertiary alicyclic amines) is 1. The van der Waals surface area contributed by atoms with Crippen LogP contribution in [0.5, 0.6) is 0 Å². The number of nitriles is 1. The second-order valence-electron chi connectivity index (χ2n) is 8.87. The molecule has 1 aromatic carbocycles. The Kier molecular flexibility index (Phi) is 5.76. The average molecular weight is 370 g/mol. The van der Waals surface area contributed by atoms with Crippen LogP contribution in [0.25, 0.3) is 0 Å². The Hall–Kier alpha value is -2.06. The van der Waals surface area contributed by atoms with Crippen LogP contribution in [-0.2, 0) is 10.2 Å². The van der Waals surface area contributed by atoms with Crippen molar-refractivity contribution in [3.05, 3.63) is 29.8 Å². The van der Waals surface area contributed by atoms with E-state index in [1.165, 1.54) is 25.7 Å². The molecule has 3 rings (SSSR count). The standard InChI is InChI=1S/C22H31N3O2/c1-21(2,3)27-20(26)24-18-10-8-17(9-11-18)22(16-23)12-14-25(15-13-22)19-6-4-5-7-19/h8-11,19H,4-7,12-15H2,1-3H3,(H,24,26). The average Bonchev–Trinajstić information content (AvgIpc) is 3.15. The van der Waals surface area contributed by atoms with Gasteiger partial charge in [-0.3, -0.25) is 5.32 Å². The molecular weight excluding hydrogens is 338 g/mol. The van der Waals surface area contributed by atoms with Crippen LogP contribution >= 0.6 is 0 Å². The molecule has 1 aliphatic heterocycles. The molecule has 0 atom stereocenters. The lowest BCUT2D eigenvalue weighted by Gasteiger charge is -2.40. The normalized spacial score (nSPS) is 20.8. The van der Waals surface area contributed by atoms with Crippen molar-refractivity contribution >= 4 is 11.8 Å². The number of carbonyl (C=O) groups is 1. The molecule has 1 saturated heterocycles. The summed E-state index contributed by atoms with van der Waals surface area (Å²) < 4.78 is 5.28. The molecule has 1 aliphatic carbocycles. The lowest BCUT2D eigenvalue weighted by atomic mass is 9.73. The molecule has 1 N–H and O–H groups in total. The van der Waals surface area contributed by atoms with Crippen LogP contribution in [0.4, 0.5) is 10.5 Å². The van der Waals surface area contributed by atoms with Crippen molar-refractivity contribution < 1.29 is 9.53 Å². The summed E-state index contributed by atoms with van der Waals surface area (Å²) in [6.07, 6.45) is 6.59. The molecule has 27 heavy (non-hydrogen) atoms. The van der Waals surface area contributed by atoms with Crippen molar-refractivity contribution in [1.82, 2.24) is 4.90 Å². The molecule has 5 nitrogen and oxygen atoms in total. The first-order chi connectivity index (χ1) is 12.8. The number of rotatable bonds is 3. The van der Waals surface area contributed by atoms with Crippen molar-refractivity contribution in [1.29, 1.82) is 5.26 Å². The molecule has 146 valence electrons. The van der Waals surface area contributed by atoms with Crippen molar-refractivity contribution in [2.24, 2.45) is 0 Å². The molecule has 0 spiro atoms. The van der Waals surface area contributed by atoms with Crippen LogP contribution < -0.4 is 5.32 Å². The Morgan fingerprint density at radius 2 is 1.78 bits per heavy atom. The third-order valence-corrected chi connectivity index (χ3v) is 5.79. The number of carbonyl (C=O) groups excluding carboxylic acids is 1. The topological polar surface area (TPSA) is 65.4 Å². The highest BCUT2D eigenvalue weighted by Gasteiger charge is 2.38. The molecular formula is C22H31N3O2. The highest BCUT2D eigenvalue weighted by Crippen LogP contribution is 2.37. The largest absolute Gasteiger partial charge is 0.444 e. The molecule has 0 bridgehead atoms. The lowest BCUT2D eigenvalue weighted by Crippen LogP contribution is -2.45. The first-order valence-corrected chi connectivity index (χ1v) is 10.1. The summed E-state index contributed by atoms with van der Waals surface area (Å²) in [5.74, 6) is 0. The summed E-state index contributed by atoms with van der Waals surface area (Å²) in [7, 11) is 0. The van der Waals surface area contributed by atoms with Crippen LogP contribution in [0.1, 0.15) is 64.9 Å². The van der Waals surface area contributed by atoms with Gasteiger partial charge in [0, 0.05) is 24.8 Å². The minimum absolute atomic E-state index is 0.417. The van der Waals surface area contributed by atoms with Gasteiger partial charge in [0.25, 0.3) is 0 Å². The van der Waals surface area contributed by atoms with Gasteiger partial charge in [0.05, 0.1) is 11.5 Å². The van der Waals surface area contributed by atoms with E-state index in [1.807, 2.05) is 45.0 Å². The molecule has 5 heteroatoms. The highest BCUT2D eigenvalue weighted by molar-refractivity contribution is 5.84. The first kappa shape index (κ1) is 19.7. The zero-order valence-corrected chi connectivity index (χ0v) is 16.8. The molecule has 0 aromatic heterocycles. The molecule has 0 unspecified atom stereocenters. The number of ether oxygens (including phenoxy) is 1. The molecule has 2 fully saturated rings. The van der Waals surface area contributed by atoms with Gasteiger partial charge in [-0.2, -0.15) is 5.26 Å². The zero-order chi connectivity index (χ0) is 19.5. The summed E-state index contributed by atoms with van der Waals surface area (Å²) >= 11 is 0.